The SMILES string of the molecule is CCCCCCc1cc(C)cc(-c2cc(C)cc(C(C)(C)C)c2O)c1O. The Morgan fingerprint density at radius 1 is 0.769 bits per heavy atom. The van der Waals surface area contributed by atoms with Crippen LogP contribution in [-0.4, -0.2) is 10.2 Å². The Morgan fingerprint density at radius 2 is 1.35 bits per heavy atom. The van der Waals surface area contributed by atoms with Gasteiger partial charge in [0.15, 0.2) is 0 Å². The molecule has 0 unspecified atom stereocenters. The normalized spacial score (nSPS) is 11.8. The number of aromatic hydroxyl groups is 2. The maximum atomic E-state index is 10.9. The molecule has 0 amide bonds. The predicted molar refractivity (Wildman–Crippen MR) is 111 cm³/mol. The molecule has 26 heavy (non-hydrogen) atoms. The van der Waals surface area contributed by atoms with E-state index in [0.717, 1.165) is 46.2 Å². The molecule has 0 heterocycles. The monoisotopic (exact) mass is 354 g/mol. The van der Waals surface area contributed by atoms with Gasteiger partial charge in [-0.25, -0.2) is 0 Å². The van der Waals surface area contributed by atoms with Crippen molar-refractivity contribution in [3.05, 3.63) is 46.5 Å². The molecule has 2 nitrogen and oxygen atoms in total. The van der Waals surface area contributed by atoms with Crippen molar-refractivity contribution in [2.24, 2.45) is 0 Å². The van der Waals surface area contributed by atoms with E-state index in [0.29, 0.717) is 5.75 Å². The van der Waals surface area contributed by atoms with Gasteiger partial charge in [0.2, 0.25) is 0 Å². The summed E-state index contributed by atoms with van der Waals surface area (Å²) in [7, 11) is 0. The maximum absolute atomic E-state index is 10.9. The quantitative estimate of drug-likeness (QED) is 0.560. The molecule has 0 aliphatic carbocycles. The molecule has 0 atom stereocenters. The van der Waals surface area contributed by atoms with E-state index in [1.54, 1.807) is 0 Å². The van der Waals surface area contributed by atoms with Crippen LogP contribution in [0, 0.1) is 13.8 Å². The van der Waals surface area contributed by atoms with Crippen LogP contribution in [0.5, 0.6) is 11.5 Å². The van der Waals surface area contributed by atoms with Crippen LogP contribution >= 0.6 is 0 Å². The summed E-state index contributed by atoms with van der Waals surface area (Å²) in [5.74, 6) is 0.591. The van der Waals surface area contributed by atoms with Gasteiger partial charge >= 0.3 is 0 Å². The lowest BCUT2D eigenvalue weighted by molar-refractivity contribution is 0.445. The fourth-order valence-corrected chi connectivity index (χ4v) is 3.55. The summed E-state index contributed by atoms with van der Waals surface area (Å²) in [6.07, 6.45) is 5.57. The van der Waals surface area contributed by atoms with Gasteiger partial charge in [-0.3, -0.25) is 0 Å². The molecule has 2 aromatic rings. The van der Waals surface area contributed by atoms with E-state index < -0.39 is 0 Å². The van der Waals surface area contributed by atoms with Gasteiger partial charge < -0.3 is 10.2 Å². The summed E-state index contributed by atoms with van der Waals surface area (Å²) in [5.41, 5.74) is 5.41. The lowest BCUT2D eigenvalue weighted by Crippen LogP contribution is -2.12. The van der Waals surface area contributed by atoms with Crippen LogP contribution in [0.4, 0.5) is 0 Å². The van der Waals surface area contributed by atoms with Crippen LogP contribution in [0.3, 0.4) is 0 Å². The first-order valence-corrected chi connectivity index (χ1v) is 9.82. The Bertz CT molecular complexity index is 767. The molecular weight excluding hydrogens is 320 g/mol. The van der Waals surface area contributed by atoms with E-state index in [1.807, 2.05) is 25.1 Å². The van der Waals surface area contributed by atoms with E-state index in [4.69, 9.17) is 0 Å². The molecule has 0 fully saturated rings. The first-order chi connectivity index (χ1) is 12.1. The Kier molecular flexibility index (Phi) is 6.39. The van der Waals surface area contributed by atoms with E-state index >= 15 is 0 Å². The van der Waals surface area contributed by atoms with Gasteiger partial charge in [0.1, 0.15) is 11.5 Å². The van der Waals surface area contributed by atoms with Crippen molar-refractivity contribution in [2.45, 2.75) is 79.1 Å². The van der Waals surface area contributed by atoms with Crippen LogP contribution in [-0.2, 0) is 11.8 Å². The largest absolute Gasteiger partial charge is 0.507 e. The predicted octanol–water partition coefficient (Wildman–Crippen LogP) is 6.80. The average Bonchev–Trinajstić information content (AvgIpc) is 2.55. The number of aryl methyl sites for hydroxylation is 3. The number of phenolic OH excluding ortho intramolecular Hbond substituents is 2. The van der Waals surface area contributed by atoms with Gasteiger partial charge in [-0.1, -0.05) is 59.1 Å². The molecule has 0 aliphatic heterocycles. The minimum Gasteiger partial charge on any atom is -0.507 e. The summed E-state index contributed by atoms with van der Waals surface area (Å²) in [5, 5.41) is 21.9. The van der Waals surface area contributed by atoms with Gasteiger partial charge in [0.05, 0.1) is 0 Å². The molecule has 0 radical (unpaired) electrons. The fourth-order valence-electron chi connectivity index (χ4n) is 3.55. The number of benzene rings is 2. The van der Waals surface area contributed by atoms with Gasteiger partial charge in [0.25, 0.3) is 0 Å². The molecular formula is C24H34O2. The van der Waals surface area contributed by atoms with E-state index in [-0.39, 0.29) is 11.2 Å². The molecule has 2 aromatic carbocycles. The van der Waals surface area contributed by atoms with E-state index in [1.165, 1.54) is 19.3 Å². The highest BCUT2D eigenvalue weighted by molar-refractivity contribution is 5.79. The van der Waals surface area contributed by atoms with Gasteiger partial charge in [-0.2, -0.15) is 0 Å². The zero-order valence-electron chi connectivity index (χ0n) is 17.2. The third-order valence-electron chi connectivity index (χ3n) is 4.99. The first-order valence-electron chi connectivity index (χ1n) is 9.82. The average molecular weight is 355 g/mol. The Morgan fingerprint density at radius 3 is 1.92 bits per heavy atom. The van der Waals surface area contributed by atoms with Crippen molar-refractivity contribution in [3.63, 3.8) is 0 Å². The zero-order valence-corrected chi connectivity index (χ0v) is 17.2. The molecule has 0 aromatic heterocycles. The molecule has 0 bridgehead atoms. The molecule has 0 saturated heterocycles. The van der Waals surface area contributed by atoms with Gasteiger partial charge in [-0.15, -0.1) is 0 Å². The van der Waals surface area contributed by atoms with Crippen molar-refractivity contribution >= 4 is 0 Å². The second kappa shape index (κ2) is 8.16. The van der Waals surface area contributed by atoms with Crippen molar-refractivity contribution < 1.29 is 10.2 Å². The number of phenols is 2. The highest BCUT2D eigenvalue weighted by Gasteiger charge is 2.23. The van der Waals surface area contributed by atoms with E-state index in [9.17, 15) is 10.2 Å². The number of hydrogen-bond donors (Lipinski definition) is 2. The number of hydrogen-bond acceptors (Lipinski definition) is 2. The number of unbranched alkanes of at least 4 members (excludes halogenated alkanes) is 3. The van der Waals surface area contributed by atoms with Crippen LogP contribution < -0.4 is 0 Å². The topological polar surface area (TPSA) is 40.5 Å². The smallest absolute Gasteiger partial charge is 0.127 e. The van der Waals surface area contributed by atoms with Crippen LogP contribution in [0.25, 0.3) is 11.1 Å². The molecule has 0 saturated carbocycles. The second-order valence-electron chi connectivity index (χ2n) is 8.59. The van der Waals surface area contributed by atoms with Crippen LogP contribution in [0.1, 0.15) is 75.6 Å². The Hall–Kier alpha value is -1.96. The molecule has 2 N–H and O–H groups in total. The van der Waals surface area contributed by atoms with Crippen molar-refractivity contribution in [3.8, 4) is 22.6 Å². The lowest BCUT2D eigenvalue weighted by Gasteiger charge is -2.23. The van der Waals surface area contributed by atoms with Gasteiger partial charge in [-0.05, 0) is 60.9 Å². The number of rotatable bonds is 6. The highest BCUT2D eigenvalue weighted by Crippen LogP contribution is 2.43. The summed E-state index contributed by atoms with van der Waals surface area (Å²) < 4.78 is 0. The Labute approximate surface area is 158 Å². The molecule has 142 valence electrons. The minimum atomic E-state index is -0.159. The standard InChI is InChI=1S/C24H34O2/c1-7-8-9-10-11-18-12-16(2)13-19(22(18)25)20-14-17(3)15-21(23(20)26)24(4,5)6/h12-15,25-26H,7-11H2,1-6H3. The first kappa shape index (κ1) is 20.4. The van der Waals surface area contributed by atoms with Crippen molar-refractivity contribution in [1.29, 1.82) is 0 Å². The summed E-state index contributed by atoms with van der Waals surface area (Å²) in [6, 6.07) is 8.06. The molecule has 0 spiro atoms. The fraction of sp³-hybridized carbons (Fsp3) is 0.500. The second-order valence-corrected chi connectivity index (χ2v) is 8.59. The third-order valence-corrected chi connectivity index (χ3v) is 4.99. The van der Waals surface area contributed by atoms with Crippen LogP contribution in [0.15, 0.2) is 24.3 Å². The summed E-state index contributed by atoms with van der Waals surface area (Å²) in [4.78, 5) is 0. The maximum Gasteiger partial charge on any atom is 0.127 e. The third kappa shape index (κ3) is 4.60. The minimum absolute atomic E-state index is 0.159. The Balaban J connectivity index is 2.52. The van der Waals surface area contributed by atoms with Crippen molar-refractivity contribution in [2.75, 3.05) is 0 Å². The van der Waals surface area contributed by atoms with Gasteiger partial charge in [0, 0.05) is 16.7 Å². The molecule has 2 heteroatoms. The van der Waals surface area contributed by atoms with Crippen molar-refractivity contribution in [1.82, 2.24) is 0 Å². The summed E-state index contributed by atoms with van der Waals surface area (Å²) in [6.45, 7) is 12.6. The van der Waals surface area contributed by atoms with Crippen LogP contribution in [0.2, 0.25) is 0 Å². The summed E-state index contributed by atoms with van der Waals surface area (Å²) >= 11 is 0. The van der Waals surface area contributed by atoms with E-state index in [2.05, 4.69) is 40.7 Å². The highest BCUT2D eigenvalue weighted by atomic mass is 16.3. The molecule has 0 aliphatic rings. The zero-order chi connectivity index (χ0) is 19.5. The molecule has 2 rings (SSSR count). The lowest BCUT2D eigenvalue weighted by atomic mass is 9.82.